The van der Waals surface area contributed by atoms with Crippen molar-refractivity contribution in [2.75, 3.05) is 31.1 Å². The second kappa shape index (κ2) is 7.04. The summed E-state index contributed by atoms with van der Waals surface area (Å²) >= 11 is 6.10. The lowest BCUT2D eigenvalue weighted by molar-refractivity contribution is 0.0263. The van der Waals surface area contributed by atoms with Crippen molar-refractivity contribution >= 4 is 34.4 Å². The average molecular weight is 363 g/mol. The molecule has 0 bridgehead atoms. The van der Waals surface area contributed by atoms with Crippen LogP contribution in [0.15, 0.2) is 24.3 Å². The number of halogens is 1. The zero-order chi connectivity index (χ0) is 18.0. The van der Waals surface area contributed by atoms with Gasteiger partial charge >= 0.3 is 6.09 Å². The molecule has 1 saturated heterocycles. The molecule has 6 nitrogen and oxygen atoms in total. The summed E-state index contributed by atoms with van der Waals surface area (Å²) in [7, 11) is 0. The van der Waals surface area contributed by atoms with Gasteiger partial charge in [-0.2, -0.15) is 4.98 Å². The van der Waals surface area contributed by atoms with Crippen molar-refractivity contribution in [1.29, 1.82) is 0 Å². The van der Waals surface area contributed by atoms with E-state index in [-0.39, 0.29) is 11.4 Å². The van der Waals surface area contributed by atoms with Gasteiger partial charge in [0.05, 0.1) is 5.52 Å². The van der Waals surface area contributed by atoms with Crippen LogP contribution in [0.2, 0.25) is 5.28 Å². The number of carbonyl (C=O) groups excluding carboxylic acids is 1. The van der Waals surface area contributed by atoms with E-state index in [1.807, 2.05) is 45.0 Å². The fourth-order valence-corrected chi connectivity index (χ4v) is 3.08. The molecule has 2 aromatic rings. The van der Waals surface area contributed by atoms with Gasteiger partial charge in [0, 0.05) is 31.6 Å². The largest absolute Gasteiger partial charge is 0.444 e. The van der Waals surface area contributed by atoms with Crippen LogP contribution in [0, 0.1) is 0 Å². The second-order valence-electron chi connectivity index (χ2n) is 7.14. The Labute approximate surface area is 152 Å². The van der Waals surface area contributed by atoms with Crippen molar-refractivity contribution in [1.82, 2.24) is 14.9 Å². The Morgan fingerprint density at radius 1 is 1.12 bits per heavy atom. The number of aromatic nitrogens is 2. The molecule has 0 unspecified atom stereocenters. The van der Waals surface area contributed by atoms with Crippen LogP contribution in [0.25, 0.3) is 10.9 Å². The molecule has 1 aromatic carbocycles. The molecule has 0 spiro atoms. The molecule has 1 fully saturated rings. The summed E-state index contributed by atoms with van der Waals surface area (Å²) in [5.41, 5.74) is 0.338. The van der Waals surface area contributed by atoms with Crippen molar-refractivity contribution < 1.29 is 9.53 Å². The smallest absolute Gasteiger partial charge is 0.410 e. The second-order valence-corrected chi connectivity index (χ2v) is 7.48. The van der Waals surface area contributed by atoms with E-state index in [0.717, 1.165) is 29.7 Å². The Hall–Kier alpha value is -2.08. The van der Waals surface area contributed by atoms with Gasteiger partial charge in [-0.15, -0.1) is 0 Å². The third-order valence-corrected chi connectivity index (χ3v) is 4.17. The van der Waals surface area contributed by atoms with Gasteiger partial charge in [0.1, 0.15) is 11.4 Å². The van der Waals surface area contributed by atoms with Gasteiger partial charge in [0.25, 0.3) is 0 Å². The highest BCUT2D eigenvalue weighted by molar-refractivity contribution is 6.28. The number of nitrogens with zero attached hydrogens (tertiary/aromatic N) is 4. The first-order valence-electron chi connectivity index (χ1n) is 8.49. The number of para-hydroxylation sites is 1. The summed E-state index contributed by atoms with van der Waals surface area (Å²) in [4.78, 5) is 25.0. The van der Waals surface area contributed by atoms with Gasteiger partial charge in [0.2, 0.25) is 5.28 Å². The lowest BCUT2D eigenvalue weighted by Crippen LogP contribution is -2.39. The molecule has 0 aliphatic carbocycles. The third-order valence-electron chi connectivity index (χ3n) is 4.00. The number of ether oxygens (including phenoxy) is 1. The van der Waals surface area contributed by atoms with Crippen LogP contribution in [-0.2, 0) is 4.74 Å². The topological polar surface area (TPSA) is 58.6 Å². The van der Waals surface area contributed by atoms with E-state index in [4.69, 9.17) is 16.3 Å². The summed E-state index contributed by atoms with van der Waals surface area (Å²) in [6.45, 7) is 8.37. The summed E-state index contributed by atoms with van der Waals surface area (Å²) in [6.07, 6.45) is 0.578. The quantitative estimate of drug-likeness (QED) is 0.723. The maximum Gasteiger partial charge on any atom is 0.410 e. The predicted octanol–water partition coefficient (Wildman–Crippen LogP) is 3.73. The molecule has 0 N–H and O–H groups in total. The van der Waals surface area contributed by atoms with Crippen LogP contribution in [0.3, 0.4) is 0 Å². The van der Waals surface area contributed by atoms with E-state index in [1.54, 1.807) is 4.90 Å². The van der Waals surface area contributed by atoms with Crippen LogP contribution in [0.1, 0.15) is 27.2 Å². The number of rotatable bonds is 1. The molecular formula is C18H23ClN4O2. The number of carbonyl (C=O) groups is 1. The predicted molar refractivity (Wildman–Crippen MR) is 99.2 cm³/mol. The first-order valence-corrected chi connectivity index (χ1v) is 8.86. The number of amides is 1. The van der Waals surface area contributed by atoms with E-state index in [9.17, 15) is 4.79 Å². The summed E-state index contributed by atoms with van der Waals surface area (Å²) in [5.74, 6) is 0.821. The van der Waals surface area contributed by atoms with E-state index >= 15 is 0 Å². The number of fused-ring (bicyclic) bond motifs is 1. The van der Waals surface area contributed by atoms with Gasteiger partial charge < -0.3 is 14.5 Å². The highest BCUT2D eigenvalue weighted by Crippen LogP contribution is 2.26. The Morgan fingerprint density at radius 3 is 2.64 bits per heavy atom. The van der Waals surface area contributed by atoms with Gasteiger partial charge in [-0.05, 0) is 50.9 Å². The normalized spacial score (nSPS) is 16.0. The molecule has 1 aliphatic rings. The van der Waals surface area contributed by atoms with E-state index in [2.05, 4.69) is 14.9 Å². The minimum atomic E-state index is -0.487. The Morgan fingerprint density at radius 2 is 1.88 bits per heavy atom. The van der Waals surface area contributed by atoms with E-state index < -0.39 is 5.60 Å². The first kappa shape index (κ1) is 17.7. The molecule has 1 aliphatic heterocycles. The van der Waals surface area contributed by atoms with Crippen molar-refractivity contribution in [3.05, 3.63) is 29.5 Å². The summed E-state index contributed by atoms with van der Waals surface area (Å²) in [6, 6.07) is 7.82. The fourth-order valence-electron chi connectivity index (χ4n) is 2.91. The molecule has 3 rings (SSSR count). The number of hydrogen-bond acceptors (Lipinski definition) is 5. The molecule has 0 saturated carbocycles. The standard InChI is InChI=1S/C18H23ClN4O2/c1-18(2,3)25-17(24)23-10-6-9-22(11-12-23)15-13-7-4-5-8-14(13)20-16(19)21-15/h4-5,7-8H,6,9-12H2,1-3H3. The number of hydrogen-bond donors (Lipinski definition) is 0. The molecule has 25 heavy (non-hydrogen) atoms. The maximum absolute atomic E-state index is 12.3. The van der Waals surface area contributed by atoms with Crippen molar-refractivity contribution in [2.24, 2.45) is 0 Å². The van der Waals surface area contributed by atoms with Crippen molar-refractivity contribution in [2.45, 2.75) is 32.8 Å². The molecule has 7 heteroatoms. The Kier molecular flexibility index (Phi) is 4.99. The van der Waals surface area contributed by atoms with Gasteiger partial charge in [-0.3, -0.25) is 0 Å². The zero-order valence-corrected chi connectivity index (χ0v) is 15.6. The third kappa shape index (κ3) is 4.31. The lowest BCUT2D eigenvalue weighted by atomic mass is 10.2. The average Bonchev–Trinajstić information content (AvgIpc) is 2.78. The Balaban J connectivity index is 1.79. The fraction of sp³-hybridized carbons (Fsp3) is 0.500. The molecule has 0 atom stereocenters. The summed E-state index contributed by atoms with van der Waals surface area (Å²) < 4.78 is 5.48. The zero-order valence-electron chi connectivity index (χ0n) is 14.8. The van der Waals surface area contributed by atoms with Crippen LogP contribution >= 0.6 is 11.6 Å². The lowest BCUT2D eigenvalue weighted by Gasteiger charge is -2.27. The van der Waals surface area contributed by atoms with Gasteiger partial charge in [0.15, 0.2) is 0 Å². The van der Waals surface area contributed by atoms with E-state index in [1.165, 1.54) is 0 Å². The monoisotopic (exact) mass is 362 g/mol. The maximum atomic E-state index is 12.3. The highest BCUT2D eigenvalue weighted by atomic mass is 35.5. The molecule has 2 heterocycles. The Bertz CT molecular complexity index is 775. The van der Waals surface area contributed by atoms with E-state index in [0.29, 0.717) is 19.6 Å². The number of benzene rings is 1. The van der Waals surface area contributed by atoms with Crippen molar-refractivity contribution in [3.8, 4) is 0 Å². The van der Waals surface area contributed by atoms with Crippen LogP contribution in [0.5, 0.6) is 0 Å². The molecule has 0 radical (unpaired) electrons. The van der Waals surface area contributed by atoms with Crippen LogP contribution in [0.4, 0.5) is 10.6 Å². The van der Waals surface area contributed by atoms with Crippen LogP contribution < -0.4 is 4.90 Å². The number of anilines is 1. The first-order chi connectivity index (χ1) is 11.8. The minimum Gasteiger partial charge on any atom is -0.444 e. The molecule has 1 amide bonds. The van der Waals surface area contributed by atoms with Gasteiger partial charge in [-0.1, -0.05) is 12.1 Å². The highest BCUT2D eigenvalue weighted by Gasteiger charge is 2.25. The molecular weight excluding hydrogens is 340 g/mol. The SMILES string of the molecule is CC(C)(C)OC(=O)N1CCCN(c2nc(Cl)nc3ccccc23)CC1. The summed E-state index contributed by atoms with van der Waals surface area (Å²) in [5, 5.41) is 1.21. The van der Waals surface area contributed by atoms with Gasteiger partial charge in [-0.25, -0.2) is 9.78 Å². The minimum absolute atomic E-state index is 0.238. The van der Waals surface area contributed by atoms with Crippen LogP contribution in [-0.4, -0.2) is 52.7 Å². The molecule has 1 aromatic heterocycles. The molecule has 134 valence electrons. The van der Waals surface area contributed by atoms with Crippen molar-refractivity contribution in [3.63, 3.8) is 0 Å².